The fraction of sp³-hybridized carbons (Fsp3) is 0.321. The highest BCUT2D eigenvalue weighted by atomic mass is 16.5. The van der Waals surface area contributed by atoms with Crippen LogP contribution in [0.4, 0.5) is 5.69 Å². The molecule has 1 heterocycles. The van der Waals surface area contributed by atoms with Crippen molar-refractivity contribution in [2.24, 2.45) is 0 Å². The number of amides is 1. The normalized spacial score (nSPS) is 10.8. The number of rotatable bonds is 11. The van der Waals surface area contributed by atoms with E-state index >= 15 is 0 Å². The second kappa shape index (κ2) is 12.1. The van der Waals surface area contributed by atoms with E-state index in [-0.39, 0.29) is 11.7 Å². The first-order valence-electron chi connectivity index (χ1n) is 11.5. The molecule has 0 spiro atoms. The SMILES string of the molecule is CCC(=O)N(CCOC)c1ccc(-c2ccc(C(=O)CCc3cccnc3CC)cc2)cc1. The molecular weight excluding hydrogens is 412 g/mol. The highest BCUT2D eigenvalue weighted by Gasteiger charge is 2.14. The number of aryl methyl sites for hydroxylation is 2. The molecule has 0 aliphatic rings. The molecule has 172 valence electrons. The number of hydrogen-bond acceptors (Lipinski definition) is 4. The van der Waals surface area contributed by atoms with Crippen LogP contribution in [0.25, 0.3) is 11.1 Å². The van der Waals surface area contributed by atoms with E-state index in [1.54, 1.807) is 18.2 Å². The number of ether oxygens (including phenoxy) is 1. The van der Waals surface area contributed by atoms with E-state index in [1.165, 1.54) is 0 Å². The molecular formula is C28H32N2O3. The quantitative estimate of drug-likeness (QED) is 0.366. The van der Waals surface area contributed by atoms with Gasteiger partial charge in [-0.05, 0) is 47.7 Å². The first kappa shape index (κ1) is 24.3. The molecule has 5 nitrogen and oxygen atoms in total. The number of anilines is 1. The van der Waals surface area contributed by atoms with Gasteiger partial charge in [-0.25, -0.2) is 0 Å². The maximum atomic E-state index is 12.7. The van der Waals surface area contributed by atoms with Gasteiger partial charge in [0.2, 0.25) is 5.91 Å². The molecule has 0 atom stereocenters. The Bertz CT molecular complexity index is 1060. The molecule has 0 aliphatic heterocycles. The van der Waals surface area contributed by atoms with Crippen LogP contribution in [-0.4, -0.2) is 36.9 Å². The lowest BCUT2D eigenvalue weighted by molar-refractivity contribution is -0.118. The number of carbonyl (C=O) groups excluding carboxylic acids is 2. The molecule has 0 fully saturated rings. The first-order chi connectivity index (χ1) is 16.1. The Kier molecular flexibility index (Phi) is 8.90. The van der Waals surface area contributed by atoms with Crippen LogP contribution in [0.2, 0.25) is 0 Å². The van der Waals surface area contributed by atoms with Gasteiger partial charge >= 0.3 is 0 Å². The number of benzene rings is 2. The topological polar surface area (TPSA) is 59.5 Å². The summed E-state index contributed by atoms with van der Waals surface area (Å²) in [5.74, 6) is 0.203. The van der Waals surface area contributed by atoms with Crippen LogP contribution < -0.4 is 4.90 Å². The highest BCUT2D eigenvalue weighted by molar-refractivity contribution is 5.96. The number of hydrogen-bond donors (Lipinski definition) is 0. The van der Waals surface area contributed by atoms with Crippen molar-refractivity contribution in [2.75, 3.05) is 25.2 Å². The summed E-state index contributed by atoms with van der Waals surface area (Å²) in [5.41, 5.74) is 5.85. The number of carbonyl (C=O) groups is 2. The van der Waals surface area contributed by atoms with Crippen molar-refractivity contribution in [1.29, 1.82) is 0 Å². The van der Waals surface area contributed by atoms with E-state index in [0.29, 0.717) is 32.4 Å². The maximum Gasteiger partial charge on any atom is 0.226 e. The van der Waals surface area contributed by atoms with Crippen molar-refractivity contribution in [1.82, 2.24) is 4.98 Å². The zero-order valence-electron chi connectivity index (χ0n) is 19.7. The van der Waals surface area contributed by atoms with Gasteiger partial charge in [0.15, 0.2) is 5.78 Å². The minimum Gasteiger partial charge on any atom is -0.383 e. The number of pyridine rings is 1. The minimum atomic E-state index is 0.0695. The minimum absolute atomic E-state index is 0.0695. The van der Waals surface area contributed by atoms with Crippen LogP contribution in [0.15, 0.2) is 66.9 Å². The lowest BCUT2D eigenvalue weighted by Crippen LogP contribution is -2.33. The van der Waals surface area contributed by atoms with Crippen LogP contribution in [0, 0.1) is 0 Å². The Morgan fingerprint density at radius 2 is 1.61 bits per heavy atom. The summed E-state index contributed by atoms with van der Waals surface area (Å²) in [6, 6.07) is 19.6. The zero-order chi connectivity index (χ0) is 23.6. The Morgan fingerprint density at radius 3 is 2.21 bits per heavy atom. The number of aromatic nitrogens is 1. The predicted molar refractivity (Wildman–Crippen MR) is 133 cm³/mol. The van der Waals surface area contributed by atoms with Gasteiger partial charge in [0.05, 0.1) is 6.61 Å². The fourth-order valence-electron chi connectivity index (χ4n) is 3.86. The average Bonchev–Trinajstić information content (AvgIpc) is 2.87. The van der Waals surface area contributed by atoms with Crippen molar-refractivity contribution in [3.8, 4) is 11.1 Å². The molecule has 0 aliphatic carbocycles. The van der Waals surface area contributed by atoms with Gasteiger partial charge in [0.1, 0.15) is 0 Å². The fourth-order valence-corrected chi connectivity index (χ4v) is 3.86. The molecule has 33 heavy (non-hydrogen) atoms. The third kappa shape index (κ3) is 6.36. The lowest BCUT2D eigenvalue weighted by atomic mass is 9.98. The summed E-state index contributed by atoms with van der Waals surface area (Å²) < 4.78 is 5.14. The molecule has 0 unspecified atom stereocenters. The number of ketones is 1. The molecule has 1 aromatic heterocycles. The highest BCUT2D eigenvalue weighted by Crippen LogP contribution is 2.24. The van der Waals surface area contributed by atoms with Gasteiger partial charge < -0.3 is 9.64 Å². The number of nitrogens with zero attached hydrogens (tertiary/aromatic N) is 2. The number of methoxy groups -OCH3 is 1. The molecule has 1 amide bonds. The van der Waals surface area contributed by atoms with Gasteiger partial charge in [-0.2, -0.15) is 0 Å². The Hall–Kier alpha value is -3.31. The lowest BCUT2D eigenvalue weighted by Gasteiger charge is -2.22. The Labute approximate surface area is 196 Å². The summed E-state index contributed by atoms with van der Waals surface area (Å²) in [4.78, 5) is 31.1. The van der Waals surface area contributed by atoms with E-state index in [9.17, 15) is 9.59 Å². The van der Waals surface area contributed by atoms with Gasteiger partial charge in [-0.3, -0.25) is 14.6 Å². The summed E-state index contributed by atoms with van der Waals surface area (Å²) in [6.45, 7) is 4.96. The van der Waals surface area contributed by atoms with Crippen molar-refractivity contribution >= 4 is 17.4 Å². The largest absolute Gasteiger partial charge is 0.383 e. The van der Waals surface area contributed by atoms with Gasteiger partial charge in [0.25, 0.3) is 0 Å². The van der Waals surface area contributed by atoms with Crippen molar-refractivity contribution in [3.63, 3.8) is 0 Å². The smallest absolute Gasteiger partial charge is 0.226 e. The predicted octanol–water partition coefficient (Wildman–Crippen LogP) is 5.52. The molecule has 3 rings (SSSR count). The molecule has 0 saturated carbocycles. The summed E-state index contributed by atoms with van der Waals surface area (Å²) in [5, 5.41) is 0. The van der Waals surface area contributed by atoms with E-state index in [1.807, 2.05) is 61.5 Å². The maximum absolute atomic E-state index is 12.7. The van der Waals surface area contributed by atoms with Crippen LogP contribution in [0.1, 0.15) is 48.3 Å². The van der Waals surface area contributed by atoms with Crippen molar-refractivity contribution < 1.29 is 14.3 Å². The summed E-state index contributed by atoms with van der Waals surface area (Å²) >= 11 is 0. The second-order valence-electron chi connectivity index (χ2n) is 7.90. The van der Waals surface area contributed by atoms with Crippen LogP contribution in [0.3, 0.4) is 0 Å². The Balaban J connectivity index is 1.66. The Morgan fingerprint density at radius 1 is 0.939 bits per heavy atom. The van der Waals surface area contributed by atoms with Gasteiger partial charge in [-0.15, -0.1) is 0 Å². The molecule has 0 N–H and O–H groups in total. The third-order valence-electron chi connectivity index (χ3n) is 5.78. The van der Waals surface area contributed by atoms with E-state index in [2.05, 4.69) is 18.0 Å². The van der Waals surface area contributed by atoms with Crippen LogP contribution in [0.5, 0.6) is 0 Å². The van der Waals surface area contributed by atoms with Crippen molar-refractivity contribution in [3.05, 3.63) is 83.7 Å². The van der Waals surface area contributed by atoms with E-state index in [4.69, 9.17) is 4.74 Å². The summed E-state index contributed by atoms with van der Waals surface area (Å²) in [7, 11) is 1.63. The monoisotopic (exact) mass is 444 g/mol. The number of Topliss-reactive ketones (excluding diaryl/α,β-unsaturated/α-hetero) is 1. The molecule has 2 aromatic carbocycles. The summed E-state index contributed by atoms with van der Waals surface area (Å²) in [6.07, 6.45) is 4.29. The first-order valence-corrected chi connectivity index (χ1v) is 11.5. The molecule has 3 aromatic rings. The molecule has 0 radical (unpaired) electrons. The van der Waals surface area contributed by atoms with E-state index in [0.717, 1.165) is 40.1 Å². The molecule has 5 heteroatoms. The van der Waals surface area contributed by atoms with Gasteiger partial charge in [0, 0.05) is 49.6 Å². The van der Waals surface area contributed by atoms with Crippen molar-refractivity contribution in [2.45, 2.75) is 39.5 Å². The van der Waals surface area contributed by atoms with Crippen LogP contribution in [-0.2, 0) is 22.4 Å². The second-order valence-corrected chi connectivity index (χ2v) is 7.90. The molecule has 0 saturated heterocycles. The zero-order valence-corrected chi connectivity index (χ0v) is 19.7. The third-order valence-corrected chi connectivity index (χ3v) is 5.78. The van der Waals surface area contributed by atoms with Crippen LogP contribution >= 0.6 is 0 Å². The van der Waals surface area contributed by atoms with Gasteiger partial charge in [-0.1, -0.05) is 56.3 Å². The standard InChI is InChI=1S/C28H32N2O3/c1-4-26-23(7-6-18-29-26)14-17-27(31)24-10-8-21(9-11-24)22-12-15-25(16-13-22)30(19-20-33-3)28(32)5-2/h6-13,15-16,18H,4-5,14,17,19-20H2,1-3H3. The average molecular weight is 445 g/mol. The van der Waals surface area contributed by atoms with E-state index < -0.39 is 0 Å². The molecule has 0 bridgehead atoms.